The van der Waals surface area contributed by atoms with Crippen LogP contribution in [0.2, 0.25) is 5.02 Å². The van der Waals surface area contributed by atoms with Crippen molar-refractivity contribution in [3.8, 4) is 5.69 Å². The lowest BCUT2D eigenvalue weighted by molar-refractivity contribution is -0.131. The topological polar surface area (TPSA) is 58.4 Å². The summed E-state index contributed by atoms with van der Waals surface area (Å²) in [6.45, 7) is 3.99. The minimum Gasteiger partial charge on any atom is -0.339 e. The Morgan fingerprint density at radius 1 is 0.933 bits per heavy atom. The molecule has 4 rings (SSSR count). The summed E-state index contributed by atoms with van der Waals surface area (Å²) in [6.07, 6.45) is 0.339. The number of piperazine rings is 1. The molecule has 154 valence electrons. The smallest absolute Gasteiger partial charge is 0.274 e. The van der Waals surface area contributed by atoms with Gasteiger partial charge in [-0.15, -0.1) is 0 Å². The van der Waals surface area contributed by atoms with Gasteiger partial charge in [0.1, 0.15) is 0 Å². The maximum Gasteiger partial charge on any atom is 0.274 e. The van der Waals surface area contributed by atoms with E-state index in [4.69, 9.17) is 11.6 Å². The van der Waals surface area contributed by atoms with Gasteiger partial charge in [-0.25, -0.2) is 4.68 Å². The Morgan fingerprint density at radius 3 is 2.23 bits per heavy atom. The van der Waals surface area contributed by atoms with Crippen molar-refractivity contribution >= 4 is 23.4 Å². The first-order valence-electron chi connectivity index (χ1n) is 9.95. The fourth-order valence-electron chi connectivity index (χ4n) is 3.62. The molecule has 0 unspecified atom stereocenters. The predicted molar refractivity (Wildman–Crippen MR) is 116 cm³/mol. The Balaban J connectivity index is 1.36. The minimum absolute atomic E-state index is 0.0635. The summed E-state index contributed by atoms with van der Waals surface area (Å²) in [4.78, 5) is 29.1. The number of rotatable bonds is 4. The molecule has 30 heavy (non-hydrogen) atoms. The zero-order valence-electron chi connectivity index (χ0n) is 16.8. The number of carbonyl (C=O) groups is 2. The quantitative estimate of drug-likeness (QED) is 0.647. The number of aromatic nitrogens is 2. The molecule has 6 nitrogen and oxygen atoms in total. The van der Waals surface area contributed by atoms with Crippen LogP contribution >= 0.6 is 11.6 Å². The SMILES string of the molecule is Cc1cc(C(=O)N2CCN(C(=O)Cc3ccc(Cl)cc3)CC2)nn1-c1ccccc1. The number of nitrogens with zero attached hydrogens (tertiary/aromatic N) is 4. The van der Waals surface area contributed by atoms with Crippen molar-refractivity contribution < 1.29 is 9.59 Å². The Labute approximate surface area is 180 Å². The monoisotopic (exact) mass is 422 g/mol. The van der Waals surface area contributed by atoms with Crippen molar-refractivity contribution in [1.29, 1.82) is 0 Å². The molecule has 1 aliphatic rings. The lowest BCUT2D eigenvalue weighted by atomic mass is 10.1. The first-order chi connectivity index (χ1) is 14.5. The van der Waals surface area contributed by atoms with E-state index in [9.17, 15) is 9.59 Å². The molecular formula is C23H23ClN4O2. The van der Waals surface area contributed by atoms with Gasteiger partial charge in [0, 0.05) is 36.9 Å². The van der Waals surface area contributed by atoms with E-state index in [0.717, 1.165) is 16.9 Å². The molecule has 3 aromatic rings. The second-order valence-corrected chi connectivity index (χ2v) is 7.83. The van der Waals surface area contributed by atoms with Crippen LogP contribution in [0.3, 0.4) is 0 Å². The number of hydrogen-bond acceptors (Lipinski definition) is 3. The normalized spacial score (nSPS) is 14.1. The molecule has 1 fully saturated rings. The van der Waals surface area contributed by atoms with Crippen molar-refractivity contribution in [2.75, 3.05) is 26.2 Å². The van der Waals surface area contributed by atoms with E-state index in [1.54, 1.807) is 21.7 Å². The average molecular weight is 423 g/mol. The summed E-state index contributed by atoms with van der Waals surface area (Å²) in [5.41, 5.74) is 3.19. The molecule has 2 heterocycles. The van der Waals surface area contributed by atoms with Gasteiger partial charge in [-0.2, -0.15) is 5.10 Å². The van der Waals surface area contributed by atoms with Crippen molar-refractivity contribution in [3.05, 3.63) is 82.6 Å². The molecule has 2 amide bonds. The molecule has 0 N–H and O–H groups in total. The van der Waals surface area contributed by atoms with Crippen LogP contribution in [-0.4, -0.2) is 57.6 Å². The third-order valence-electron chi connectivity index (χ3n) is 5.30. The number of aryl methyl sites for hydroxylation is 1. The molecule has 7 heteroatoms. The first kappa shape index (κ1) is 20.2. The molecule has 1 aliphatic heterocycles. The van der Waals surface area contributed by atoms with Crippen LogP contribution in [0, 0.1) is 6.92 Å². The van der Waals surface area contributed by atoms with Gasteiger partial charge < -0.3 is 9.80 Å². The van der Waals surface area contributed by atoms with Crippen molar-refractivity contribution in [1.82, 2.24) is 19.6 Å². The van der Waals surface area contributed by atoms with E-state index < -0.39 is 0 Å². The predicted octanol–water partition coefficient (Wildman–Crippen LogP) is 3.36. The highest BCUT2D eigenvalue weighted by atomic mass is 35.5. The van der Waals surface area contributed by atoms with Gasteiger partial charge in [0.2, 0.25) is 5.91 Å². The second kappa shape index (κ2) is 8.71. The Kier molecular flexibility index (Phi) is 5.86. The molecule has 0 bridgehead atoms. The Hall–Kier alpha value is -3.12. The van der Waals surface area contributed by atoms with Crippen molar-refractivity contribution in [3.63, 3.8) is 0 Å². The molecule has 0 spiro atoms. The average Bonchev–Trinajstić information content (AvgIpc) is 3.17. The molecular weight excluding hydrogens is 400 g/mol. The van der Waals surface area contributed by atoms with Crippen LogP contribution in [-0.2, 0) is 11.2 Å². The van der Waals surface area contributed by atoms with Crippen LogP contribution in [0.5, 0.6) is 0 Å². The number of amides is 2. The lowest BCUT2D eigenvalue weighted by Gasteiger charge is -2.34. The lowest BCUT2D eigenvalue weighted by Crippen LogP contribution is -2.51. The highest BCUT2D eigenvalue weighted by Gasteiger charge is 2.26. The van der Waals surface area contributed by atoms with Gasteiger partial charge in [0.25, 0.3) is 5.91 Å². The zero-order chi connectivity index (χ0) is 21.1. The van der Waals surface area contributed by atoms with Gasteiger partial charge in [0.15, 0.2) is 5.69 Å². The number of halogens is 1. The van der Waals surface area contributed by atoms with Crippen LogP contribution in [0.15, 0.2) is 60.7 Å². The largest absolute Gasteiger partial charge is 0.339 e. The third kappa shape index (κ3) is 4.39. The summed E-state index contributed by atoms with van der Waals surface area (Å²) in [7, 11) is 0. The second-order valence-electron chi connectivity index (χ2n) is 7.39. The van der Waals surface area contributed by atoms with E-state index >= 15 is 0 Å². The number of benzene rings is 2. The molecule has 1 saturated heterocycles. The number of hydrogen-bond donors (Lipinski definition) is 0. The molecule has 0 saturated carbocycles. The van der Waals surface area contributed by atoms with E-state index in [0.29, 0.717) is 43.3 Å². The van der Waals surface area contributed by atoms with E-state index in [1.807, 2.05) is 60.4 Å². The number of para-hydroxylation sites is 1. The van der Waals surface area contributed by atoms with Gasteiger partial charge in [-0.3, -0.25) is 9.59 Å². The van der Waals surface area contributed by atoms with Gasteiger partial charge in [0.05, 0.1) is 12.1 Å². The van der Waals surface area contributed by atoms with Gasteiger partial charge in [-0.05, 0) is 42.8 Å². The highest BCUT2D eigenvalue weighted by Crippen LogP contribution is 2.15. The fraction of sp³-hybridized carbons (Fsp3) is 0.261. The van der Waals surface area contributed by atoms with Gasteiger partial charge in [-0.1, -0.05) is 41.9 Å². The van der Waals surface area contributed by atoms with Crippen LogP contribution in [0.1, 0.15) is 21.7 Å². The van der Waals surface area contributed by atoms with Crippen LogP contribution in [0.25, 0.3) is 5.69 Å². The Bertz CT molecular complexity index is 1040. The van der Waals surface area contributed by atoms with Crippen LogP contribution in [0.4, 0.5) is 0 Å². The van der Waals surface area contributed by atoms with Crippen LogP contribution < -0.4 is 0 Å². The Morgan fingerprint density at radius 2 is 1.57 bits per heavy atom. The van der Waals surface area contributed by atoms with Crippen molar-refractivity contribution in [2.45, 2.75) is 13.3 Å². The number of carbonyl (C=O) groups excluding carboxylic acids is 2. The summed E-state index contributed by atoms with van der Waals surface area (Å²) in [5, 5.41) is 5.16. The molecule has 0 atom stereocenters. The minimum atomic E-state index is -0.0995. The molecule has 1 aromatic heterocycles. The molecule has 0 radical (unpaired) electrons. The zero-order valence-corrected chi connectivity index (χ0v) is 17.5. The van der Waals surface area contributed by atoms with E-state index in [1.165, 1.54) is 0 Å². The maximum atomic E-state index is 12.9. The highest BCUT2D eigenvalue weighted by molar-refractivity contribution is 6.30. The summed E-state index contributed by atoms with van der Waals surface area (Å²) in [6, 6.07) is 18.9. The molecule has 0 aliphatic carbocycles. The summed E-state index contributed by atoms with van der Waals surface area (Å²) in [5.74, 6) is -0.0359. The van der Waals surface area contributed by atoms with Gasteiger partial charge >= 0.3 is 0 Å². The summed E-state index contributed by atoms with van der Waals surface area (Å²) >= 11 is 5.90. The third-order valence-corrected chi connectivity index (χ3v) is 5.55. The van der Waals surface area contributed by atoms with Crippen molar-refractivity contribution in [2.24, 2.45) is 0 Å². The maximum absolute atomic E-state index is 12.9. The fourth-order valence-corrected chi connectivity index (χ4v) is 3.75. The molecule has 2 aromatic carbocycles. The summed E-state index contributed by atoms with van der Waals surface area (Å²) < 4.78 is 1.78. The first-order valence-corrected chi connectivity index (χ1v) is 10.3. The van der Waals surface area contributed by atoms with E-state index in [2.05, 4.69) is 5.10 Å². The standard InChI is InChI=1S/C23H23ClN4O2/c1-17-15-21(25-28(17)20-5-3-2-4-6-20)23(30)27-13-11-26(12-14-27)22(29)16-18-7-9-19(24)10-8-18/h2-10,15H,11-14,16H2,1H3. The van der Waals surface area contributed by atoms with E-state index in [-0.39, 0.29) is 11.8 Å².